The molecule has 0 bridgehead atoms. The molecule has 1 heterocycles. The fourth-order valence-electron chi connectivity index (χ4n) is 1.07. The Labute approximate surface area is 69.1 Å². The first-order chi connectivity index (χ1) is 5.36. The SMILES string of the molecule is O=C1Cc2ccccc2SN1. The van der Waals surface area contributed by atoms with Gasteiger partial charge in [0.2, 0.25) is 5.91 Å². The van der Waals surface area contributed by atoms with Gasteiger partial charge in [-0.25, -0.2) is 0 Å². The van der Waals surface area contributed by atoms with Gasteiger partial charge in [-0.2, -0.15) is 0 Å². The first kappa shape index (κ1) is 6.73. The van der Waals surface area contributed by atoms with Gasteiger partial charge in [0.1, 0.15) is 0 Å². The number of hydrogen-bond donors (Lipinski definition) is 1. The van der Waals surface area contributed by atoms with Gasteiger partial charge in [0.15, 0.2) is 0 Å². The fourth-order valence-corrected chi connectivity index (χ4v) is 1.78. The van der Waals surface area contributed by atoms with Crippen molar-refractivity contribution in [1.82, 2.24) is 4.72 Å². The molecule has 0 unspecified atom stereocenters. The van der Waals surface area contributed by atoms with E-state index >= 15 is 0 Å². The summed E-state index contributed by atoms with van der Waals surface area (Å²) in [5.74, 6) is 0.0914. The minimum atomic E-state index is 0.0914. The summed E-state index contributed by atoms with van der Waals surface area (Å²) in [5.41, 5.74) is 1.13. The Morgan fingerprint density at radius 2 is 2.18 bits per heavy atom. The van der Waals surface area contributed by atoms with E-state index in [1.54, 1.807) is 0 Å². The van der Waals surface area contributed by atoms with E-state index in [9.17, 15) is 4.79 Å². The minimum Gasteiger partial charge on any atom is -0.296 e. The van der Waals surface area contributed by atoms with Crippen LogP contribution in [-0.2, 0) is 11.2 Å². The molecule has 1 amide bonds. The van der Waals surface area contributed by atoms with Crippen molar-refractivity contribution in [3.63, 3.8) is 0 Å². The van der Waals surface area contributed by atoms with Gasteiger partial charge in [0.05, 0.1) is 6.42 Å². The fraction of sp³-hybridized carbons (Fsp3) is 0.125. The number of carbonyl (C=O) groups is 1. The highest BCUT2D eigenvalue weighted by molar-refractivity contribution is 7.98. The number of amides is 1. The average molecular weight is 165 g/mol. The van der Waals surface area contributed by atoms with Gasteiger partial charge < -0.3 is 0 Å². The van der Waals surface area contributed by atoms with Crippen LogP contribution in [0.5, 0.6) is 0 Å². The lowest BCUT2D eigenvalue weighted by Crippen LogP contribution is -2.22. The second-order valence-corrected chi connectivity index (χ2v) is 3.26. The van der Waals surface area contributed by atoms with E-state index in [-0.39, 0.29) is 5.91 Å². The molecule has 1 aromatic carbocycles. The minimum absolute atomic E-state index is 0.0914. The zero-order valence-electron chi connectivity index (χ0n) is 5.83. The summed E-state index contributed by atoms with van der Waals surface area (Å²) in [4.78, 5) is 12.1. The van der Waals surface area contributed by atoms with Crippen LogP contribution in [0.2, 0.25) is 0 Å². The lowest BCUT2D eigenvalue weighted by atomic mass is 10.1. The topological polar surface area (TPSA) is 29.1 Å². The number of carbonyl (C=O) groups excluding carboxylic acids is 1. The lowest BCUT2D eigenvalue weighted by Gasteiger charge is -2.13. The second kappa shape index (κ2) is 2.58. The van der Waals surface area contributed by atoms with E-state index in [4.69, 9.17) is 0 Å². The Bertz CT molecular complexity index is 298. The molecule has 1 aromatic rings. The van der Waals surface area contributed by atoms with Crippen LogP contribution < -0.4 is 4.72 Å². The Morgan fingerprint density at radius 1 is 1.36 bits per heavy atom. The summed E-state index contributed by atoms with van der Waals surface area (Å²) in [7, 11) is 0. The van der Waals surface area contributed by atoms with Crippen LogP contribution in [0.3, 0.4) is 0 Å². The van der Waals surface area contributed by atoms with Crippen molar-refractivity contribution in [1.29, 1.82) is 0 Å². The van der Waals surface area contributed by atoms with Crippen LogP contribution >= 0.6 is 11.9 Å². The molecule has 3 heteroatoms. The molecule has 0 saturated carbocycles. The molecule has 0 fully saturated rings. The maximum absolute atomic E-state index is 10.9. The van der Waals surface area contributed by atoms with E-state index in [0.717, 1.165) is 10.5 Å². The molecule has 0 aliphatic carbocycles. The van der Waals surface area contributed by atoms with Gasteiger partial charge in [-0.05, 0) is 23.6 Å². The molecule has 2 nitrogen and oxygen atoms in total. The van der Waals surface area contributed by atoms with E-state index in [2.05, 4.69) is 4.72 Å². The van der Waals surface area contributed by atoms with Gasteiger partial charge in [-0.1, -0.05) is 18.2 Å². The smallest absolute Gasteiger partial charge is 0.234 e. The van der Waals surface area contributed by atoms with Crippen LogP contribution in [0.25, 0.3) is 0 Å². The third kappa shape index (κ3) is 1.24. The summed E-state index contributed by atoms with van der Waals surface area (Å²) < 4.78 is 2.72. The van der Waals surface area contributed by atoms with Crippen molar-refractivity contribution < 1.29 is 4.79 Å². The summed E-state index contributed by atoms with van der Waals surface area (Å²) in [6, 6.07) is 7.93. The number of rotatable bonds is 0. The van der Waals surface area contributed by atoms with E-state index in [1.807, 2.05) is 24.3 Å². The summed E-state index contributed by atoms with van der Waals surface area (Å²) in [6.45, 7) is 0. The maximum Gasteiger partial charge on any atom is 0.234 e. The van der Waals surface area contributed by atoms with Crippen molar-refractivity contribution in [2.24, 2.45) is 0 Å². The van der Waals surface area contributed by atoms with Crippen LogP contribution in [0.4, 0.5) is 0 Å². The molecule has 0 saturated heterocycles. The van der Waals surface area contributed by atoms with Crippen molar-refractivity contribution in [2.45, 2.75) is 11.3 Å². The standard InChI is InChI=1S/C8H7NOS/c10-8-5-6-3-1-2-4-7(6)11-9-8/h1-4H,5H2,(H,9,10). The van der Waals surface area contributed by atoms with Crippen LogP contribution in [0, 0.1) is 0 Å². The third-order valence-corrected chi connectivity index (χ3v) is 2.55. The van der Waals surface area contributed by atoms with Crippen molar-refractivity contribution in [3.05, 3.63) is 29.8 Å². The Balaban J connectivity index is 2.41. The number of benzene rings is 1. The van der Waals surface area contributed by atoms with Crippen LogP contribution in [0.15, 0.2) is 29.2 Å². The third-order valence-electron chi connectivity index (χ3n) is 1.60. The first-order valence-electron chi connectivity index (χ1n) is 3.40. The largest absolute Gasteiger partial charge is 0.296 e. The average Bonchev–Trinajstić information content (AvgIpc) is 2.04. The summed E-state index contributed by atoms with van der Waals surface area (Å²) in [5, 5.41) is 0. The molecule has 56 valence electrons. The second-order valence-electron chi connectivity index (χ2n) is 2.41. The predicted molar refractivity (Wildman–Crippen MR) is 44.1 cm³/mol. The quantitative estimate of drug-likeness (QED) is 0.588. The van der Waals surface area contributed by atoms with Gasteiger partial charge in [0, 0.05) is 4.90 Å². The molecular weight excluding hydrogens is 158 g/mol. The van der Waals surface area contributed by atoms with E-state index in [1.165, 1.54) is 11.9 Å². The van der Waals surface area contributed by atoms with E-state index < -0.39 is 0 Å². The number of hydrogen-bond acceptors (Lipinski definition) is 2. The molecule has 2 rings (SSSR count). The molecule has 1 N–H and O–H groups in total. The molecule has 1 aliphatic heterocycles. The van der Waals surface area contributed by atoms with Gasteiger partial charge >= 0.3 is 0 Å². The highest BCUT2D eigenvalue weighted by Gasteiger charge is 2.13. The predicted octanol–water partition coefficient (Wildman–Crippen LogP) is 1.37. The van der Waals surface area contributed by atoms with Crippen molar-refractivity contribution in [2.75, 3.05) is 0 Å². The monoisotopic (exact) mass is 165 g/mol. The molecule has 0 aromatic heterocycles. The van der Waals surface area contributed by atoms with Gasteiger partial charge in [-0.3, -0.25) is 9.52 Å². The summed E-state index contributed by atoms with van der Waals surface area (Å²) >= 11 is 1.40. The zero-order chi connectivity index (χ0) is 7.68. The summed E-state index contributed by atoms with van der Waals surface area (Å²) in [6.07, 6.45) is 0.517. The lowest BCUT2D eigenvalue weighted by molar-refractivity contribution is -0.118. The zero-order valence-corrected chi connectivity index (χ0v) is 6.65. The number of fused-ring (bicyclic) bond motifs is 1. The molecule has 0 radical (unpaired) electrons. The van der Waals surface area contributed by atoms with Crippen molar-refractivity contribution in [3.8, 4) is 0 Å². The van der Waals surface area contributed by atoms with Crippen LogP contribution in [-0.4, -0.2) is 5.91 Å². The molecular formula is C8H7NOS. The van der Waals surface area contributed by atoms with Gasteiger partial charge in [0.25, 0.3) is 0 Å². The Kier molecular flexibility index (Phi) is 1.58. The van der Waals surface area contributed by atoms with Crippen molar-refractivity contribution >= 4 is 17.9 Å². The Morgan fingerprint density at radius 3 is 3.09 bits per heavy atom. The highest BCUT2D eigenvalue weighted by Crippen LogP contribution is 2.23. The van der Waals surface area contributed by atoms with Crippen LogP contribution in [0.1, 0.15) is 5.56 Å². The number of nitrogens with one attached hydrogen (secondary N) is 1. The molecule has 0 spiro atoms. The molecule has 1 aliphatic rings. The Hall–Kier alpha value is -0.960. The maximum atomic E-state index is 10.9. The van der Waals surface area contributed by atoms with E-state index in [0.29, 0.717) is 6.42 Å². The molecule has 0 atom stereocenters. The molecule has 11 heavy (non-hydrogen) atoms. The highest BCUT2D eigenvalue weighted by atomic mass is 32.2. The normalized spacial score (nSPS) is 15.5. The van der Waals surface area contributed by atoms with Gasteiger partial charge in [-0.15, -0.1) is 0 Å². The first-order valence-corrected chi connectivity index (χ1v) is 4.21.